The molecule has 1 N–H and O–H groups in total. The van der Waals surface area contributed by atoms with Gasteiger partial charge in [-0.25, -0.2) is 9.18 Å². The molecule has 2 rings (SSSR count). The molecule has 0 aliphatic carbocycles. The Balaban J connectivity index is 2.10. The molecule has 0 bridgehead atoms. The predicted molar refractivity (Wildman–Crippen MR) is 112 cm³/mol. The Labute approximate surface area is 174 Å². The number of rotatable bonds is 4. The molecule has 1 aromatic rings. The Morgan fingerprint density at radius 3 is 2.28 bits per heavy atom. The topological polar surface area (TPSA) is 58.6 Å². The maximum atomic E-state index is 13.3. The van der Waals surface area contributed by atoms with Gasteiger partial charge in [0.15, 0.2) is 0 Å². The maximum absolute atomic E-state index is 13.3. The van der Waals surface area contributed by atoms with Gasteiger partial charge in [-0.3, -0.25) is 4.79 Å². The highest BCUT2D eigenvalue weighted by Crippen LogP contribution is 2.42. The van der Waals surface area contributed by atoms with E-state index in [9.17, 15) is 14.0 Å². The highest BCUT2D eigenvalue weighted by Gasteiger charge is 2.40. The molecule has 0 spiro atoms. The Morgan fingerprint density at radius 2 is 1.79 bits per heavy atom. The number of hydrogen-bond donors (Lipinski definition) is 1. The zero-order chi connectivity index (χ0) is 22.0. The molecule has 2 unspecified atom stereocenters. The van der Waals surface area contributed by atoms with E-state index in [2.05, 4.69) is 19.2 Å². The molecular formula is C23H35FN2O3. The molecule has 1 saturated heterocycles. The average Bonchev–Trinajstić information content (AvgIpc) is 2.57. The van der Waals surface area contributed by atoms with Crippen LogP contribution in [0.3, 0.4) is 0 Å². The number of ether oxygens (including phenoxy) is 1. The van der Waals surface area contributed by atoms with Crippen LogP contribution in [0.25, 0.3) is 0 Å². The molecule has 5 nitrogen and oxygen atoms in total. The summed E-state index contributed by atoms with van der Waals surface area (Å²) in [6.45, 7) is 14.6. The summed E-state index contributed by atoms with van der Waals surface area (Å²) in [5.41, 5.74) is 0.305. The molecule has 1 aliphatic heterocycles. The van der Waals surface area contributed by atoms with Gasteiger partial charge in [-0.2, -0.15) is 0 Å². The molecule has 1 fully saturated rings. The van der Waals surface area contributed by atoms with Crippen molar-refractivity contribution >= 4 is 12.0 Å². The smallest absolute Gasteiger partial charge is 0.408 e. The van der Waals surface area contributed by atoms with Gasteiger partial charge in [0.25, 0.3) is 0 Å². The standard InChI is InChI=1S/C23H35FN2O3/c1-15(2)19(25-21(28)29-22(3,4)5)20(27)26-13-12-18(23(6,7)14-26)16-8-10-17(24)11-9-16/h8-11,15,18-19H,12-14H2,1-7H3,(H,25,28). The number of amides is 2. The van der Waals surface area contributed by atoms with Crippen LogP contribution in [-0.4, -0.2) is 41.6 Å². The zero-order valence-electron chi connectivity index (χ0n) is 18.7. The molecule has 0 aromatic heterocycles. The van der Waals surface area contributed by atoms with Crippen LogP contribution < -0.4 is 5.32 Å². The fourth-order valence-electron chi connectivity index (χ4n) is 4.00. The van der Waals surface area contributed by atoms with Crippen LogP contribution in [-0.2, 0) is 9.53 Å². The summed E-state index contributed by atoms with van der Waals surface area (Å²) in [5, 5.41) is 2.75. The van der Waals surface area contributed by atoms with E-state index in [-0.39, 0.29) is 29.0 Å². The van der Waals surface area contributed by atoms with Gasteiger partial charge >= 0.3 is 6.09 Å². The predicted octanol–water partition coefficient (Wildman–Crippen LogP) is 4.72. The van der Waals surface area contributed by atoms with Gasteiger partial charge in [0.05, 0.1) is 0 Å². The fourth-order valence-corrected chi connectivity index (χ4v) is 4.00. The summed E-state index contributed by atoms with van der Waals surface area (Å²) in [6.07, 6.45) is 0.215. The van der Waals surface area contributed by atoms with Crippen LogP contribution in [0.5, 0.6) is 0 Å². The lowest BCUT2D eigenvalue weighted by Crippen LogP contribution is -2.56. The third-order valence-electron chi connectivity index (χ3n) is 5.42. The van der Waals surface area contributed by atoms with Gasteiger partial charge in [-0.1, -0.05) is 39.8 Å². The lowest BCUT2D eigenvalue weighted by molar-refractivity contribution is -0.138. The Bertz CT molecular complexity index is 723. The molecular weight excluding hydrogens is 371 g/mol. The van der Waals surface area contributed by atoms with Crippen molar-refractivity contribution < 1.29 is 18.7 Å². The number of halogens is 1. The molecule has 2 atom stereocenters. The third-order valence-corrected chi connectivity index (χ3v) is 5.42. The largest absolute Gasteiger partial charge is 0.444 e. The van der Waals surface area contributed by atoms with Crippen molar-refractivity contribution in [3.63, 3.8) is 0 Å². The summed E-state index contributed by atoms with van der Waals surface area (Å²) < 4.78 is 18.6. The second-order valence-corrected chi connectivity index (χ2v) is 10.0. The first-order valence-corrected chi connectivity index (χ1v) is 10.3. The molecule has 29 heavy (non-hydrogen) atoms. The molecule has 0 saturated carbocycles. The van der Waals surface area contributed by atoms with Crippen LogP contribution in [0.2, 0.25) is 0 Å². The molecule has 1 aliphatic rings. The molecule has 2 amide bonds. The Kier molecular flexibility index (Phi) is 6.97. The SMILES string of the molecule is CC(C)C(NC(=O)OC(C)(C)C)C(=O)N1CCC(c2ccc(F)cc2)C(C)(C)C1. The number of carbonyl (C=O) groups is 2. The first kappa shape index (κ1) is 23.2. The van der Waals surface area contributed by atoms with Crippen LogP contribution in [0.1, 0.15) is 66.4 Å². The average molecular weight is 407 g/mol. The van der Waals surface area contributed by atoms with E-state index in [4.69, 9.17) is 4.74 Å². The van der Waals surface area contributed by atoms with Crippen molar-refractivity contribution in [3.8, 4) is 0 Å². The normalized spacial score (nSPS) is 20.3. The van der Waals surface area contributed by atoms with E-state index >= 15 is 0 Å². The van der Waals surface area contributed by atoms with Crippen LogP contribution in [0.4, 0.5) is 9.18 Å². The van der Waals surface area contributed by atoms with E-state index in [1.807, 2.05) is 30.9 Å². The molecule has 1 aromatic carbocycles. The van der Waals surface area contributed by atoms with Gasteiger partial charge in [-0.05, 0) is 62.1 Å². The first-order chi connectivity index (χ1) is 13.3. The minimum Gasteiger partial charge on any atom is -0.444 e. The minimum atomic E-state index is -0.636. The van der Waals surface area contributed by atoms with E-state index in [1.54, 1.807) is 20.8 Å². The molecule has 162 valence electrons. The quantitative estimate of drug-likeness (QED) is 0.787. The van der Waals surface area contributed by atoms with E-state index in [1.165, 1.54) is 12.1 Å². The van der Waals surface area contributed by atoms with Crippen molar-refractivity contribution in [2.75, 3.05) is 13.1 Å². The molecule has 1 heterocycles. The first-order valence-electron chi connectivity index (χ1n) is 10.3. The zero-order valence-corrected chi connectivity index (χ0v) is 18.7. The van der Waals surface area contributed by atoms with E-state index in [0.29, 0.717) is 13.1 Å². The van der Waals surface area contributed by atoms with Crippen molar-refractivity contribution in [2.24, 2.45) is 11.3 Å². The van der Waals surface area contributed by atoms with Crippen molar-refractivity contribution in [3.05, 3.63) is 35.6 Å². The number of likely N-dealkylation sites (tertiary alicyclic amines) is 1. The summed E-state index contributed by atoms with van der Waals surface area (Å²) >= 11 is 0. The van der Waals surface area contributed by atoms with E-state index in [0.717, 1.165) is 12.0 Å². The van der Waals surface area contributed by atoms with Crippen LogP contribution in [0, 0.1) is 17.2 Å². The van der Waals surface area contributed by atoms with Gasteiger partial charge in [-0.15, -0.1) is 0 Å². The Morgan fingerprint density at radius 1 is 1.21 bits per heavy atom. The van der Waals surface area contributed by atoms with Crippen molar-refractivity contribution in [1.82, 2.24) is 10.2 Å². The van der Waals surface area contributed by atoms with Gasteiger partial charge in [0.2, 0.25) is 5.91 Å². The van der Waals surface area contributed by atoms with Crippen LogP contribution in [0.15, 0.2) is 24.3 Å². The van der Waals surface area contributed by atoms with E-state index < -0.39 is 17.7 Å². The highest BCUT2D eigenvalue weighted by molar-refractivity contribution is 5.86. The minimum absolute atomic E-state index is 0.0621. The summed E-state index contributed by atoms with van der Waals surface area (Å²) in [5.74, 6) is -0.153. The van der Waals surface area contributed by atoms with Gasteiger partial charge in [0.1, 0.15) is 17.5 Å². The monoisotopic (exact) mass is 406 g/mol. The third kappa shape index (κ3) is 6.18. The van der Waals surface area contributed by atoms with Gasteiger partial charge < -0.3 is 15.0 Å². The second kappa shape index (κ2) is 8.72. The highest BCUT2D eigenvalue weighted by atomic mass is 19.1. The molecule has 6 heteroatoms. The Hall–Kier alpha value is -2.11. The van der Waals surface area contributed by atoms with Crippen molar-refractivity contribution in [1.29, 1.82) is 0 Å². The van der Waals surface area contributed by atoms with Crippen LogP contribution >= 0.6 is 0 Å². The number of piperidine rings is 1. The number of nitrogens with one attached hydrogen (secondary N) is 1. The summed E-state index contributed by atoms with van der Waals surface area (Å²) in [4.78, 5) is 27.3. The number of hydrogen-bond acceptors (Lipinski definition) is 3. The number of nitrogens with zero attached hydrogens (tertiary/aromatic N) is 1. The lowest BCUT2D eigenvalue weighted by Gasteiger charge is -2.45. The number of carbonyl (C=O) groups excluding carboxylic acids is 2. The second-order valence-electron chi connectivity index (χ2n) is 10.0. The number of alkyl carbamates (subject to hydrolysis) is 1. The maximum Gasteiger partial charge on any atom is 0.408 e. The summed E-state index contributed by atoms with van der Waals surface area (Å²) in [6, 6.07) is 6.01. The lowest BCUT2D eigenvalue weighted by atomic mass is 9.70. The van der Waals surface area contributed by atoms with Crippen molar-refractivity contribution in [2.45, 2.75) is 72.4 Å². The fraction of sp³-hybridized carbons (Fsp3) is 0.652. The number of benzene rings is 1. The van der Waals surface area contributed by atoms with Gasteiger partial charge in [0, 0.05) is 13.1 Å². The molecule has 0 radical (unpaired) electrons. The summed E-state index contributed by atoms with van der Waals surface area (Å²) in [7, 11) is 0.